The Balaban J connectivity index is 0.0000000991. The fourth-order valence-corrected chi connectivity index (χ4v) is 21.0. The summed E-state index contributed by atoms with van der Waals surface area (Å²) in [4.78, 5) is 5.11. The van der Waals surface area contributed by atoms with Crippen LogP contribution in [0.4, 0.5) is 0 Å². The number of hydrogen-bond donors (Lipinski definition) is 0. The Hall–Kier alpha value is -16.0. The SMILES string of the molecule is c1ccc(-c2cccc(-n3c4cccc5c4c4c6c(cccc6ccc43)-c3cc4ccccc4cc3-5)c2)cc1.c1ccc(-n2c3cccc4c3c3c5c(cccc5ccc32)-c2cc3ccccc3cc2-4)cc1.c1ccc2c(c1)-c1cccc3cnc4c(c13)c1c-2cccc1n4-c1ccc(-c2ccc(-n3c4ccccc4c4ccccc43)cc2)cc1. The van der Waals surface area contributed by atoms with Crippen molar-refractivity contribution in [3.8, 4) is 112 Å². The lowest BCUT2D eigenvalue weighted by Crippen LogP contribution is -1.96. The molecule has 28 rings (SSSR count). The lowest BCUT2D eigenvalue weighted by Gasteiger charge is -2.15. The molecule has 0 saturated heterocycles. The monoisotopic (exact) mass is 1520 g/mol. The van der Waals surface area contributed by atoms with Crippen LogP contribution in [0.1, 0.15) is 0 Å². The first-order valence-electron chi connectivity index (χ1n) is 41.5. The fourth-order valence-electron chi connectivity index (χ4n) is 21.0. The summed E-state index contributed by atoms with van der Waals surface area (Å²) in [6, 6.07) is 151. The topological polar surface area (TPSA) is 32.6 Å². The molecular weight excluding hydrogens is 1450 g/mol. The number of para-hydroxylation sites is 3. The van der Waals surface area contributed by atoms with Crippen LogP contribution in [0.3, 0.4) is 0 Å². The fraction of sp³-hybridized carbons (Fsp3) is 0. The van der Waals surface area contributed by atoms with Gasteiger partial charge in [-0.2, -0.15) is 0 Å². The van der Waals surface area contributed by atoms with Crippen LogP contribution in [0.25, 0.3) is 253 Å². The summed E-state index contributed by atoms with van der Waals surface area (Å²) in [6.07, 6.45) is 2.04. The second-order valence-electron chi connectivity index (χ2n) is 32.3. The second kappa shape index (κ2) is 25.8. The number of benzene rings is 20. The van der Waals surface area contributed by atoms with Crippen molar-refractivity contribution in [1.82, 2.24) is 23.3 Å². The van der Waals surface area contributed by atoms with Crippen molar-refractivity contribution in [3.63, 3.8) is 0 Å². The first-order valence-corrected chi connectivity index (χ1v) is 41.5. The molecule has 120 heavy (non-hydrogen) atoms. The van der Waals surface area contributed by atoms with Crippen molar-refractivity contribution < 1.29 is 0 Å². The highest BCUT2D eigenvalue weighted by atomic mass is 15.0. The number of hydrogen-bond acceptors (Lipinski definition) is 1. The molecule has 0 bridgehead atoms. The summed E-state index contributed by atoms with van der Waals surface area (Å²) in [5.41, 5.74) is 34.7. The average Bonchev–Trinajstić information content (AvgIpc) is 1.55. The number of aromatic nitrogens is 5. The Morgan fingerprint density at radius 2 is 0.458 bits per heavy atom. The molecule has 0 unspecified atom stereocenters. The minimum atomic E-state index is 0.994. The molecular formula is C115H69N5. The Kier molecular flexibility index (Phi) is 14.3. The van der Waals surface area contributed by atoms with Gasteiger partial charge in [-0.1, -0.05) is 297 Å². The van der Waals surface area contributed by atoms with Crippen molar-refractivity contribution in [2.75, 3.05) is 0 Å². The van der Waals surface area contributed by atoms with Gasteiger partial charge in [0, 0.05) is 82.8 Å². The van der Waals surface area contributed by atoms with E-state index in [0.29, 0.717) is 0 Å². The minimum absolute atomic E-state index is 0.994. The zero-order valence-corrected chi connectivity index (χ0v) is 65.1. The van der Waals surface area contributed by atoms with E-state index >= 15 is 0 Å². The van der Waals surface area contributed by atoms with Crippen LogP contribution in [0.2, 0.25) is 0 Å². The largest absolute Gasteiger partial charge is 0.309 e. The molecule has 5 nitrogen and oxygen atoms in total. The molecule has 0 saturated carbocycles. The first-order chi connectivity index (χ1) is 59.6. The van der Waals surface area contributed by atoms with Crippen LogP contribution in [-0.4, -0.2) is 23.3 Å². The molecule has 5 heteroatoms. The zero-order chi connectivity index (χ0) is 78.4. The van der Waals surface area contributed by atoms with Gasteiger partial charge in [0.25, 0.3) is 0 Å². The van der Waals surface area contributed by atoms with Gasteiger partial charge in [0.1, 0.15) is 5.65 Å². The lowest BCUT2D eigenvalue weighted by molar-refractivity contribution is 1.14. The standard InChI is InChI=1S/C45H27N3.C38H23N.C32H19N/c1-2-11-34-33(10-1)37-14-7-9-30-27-46-45-44(42(30)37)43-38(34)15-8-18-41(43)48(45)32-25-21-29(22-26-32)28-19-23-31(24-20-28)47-39-16-5-3-12-35(39)36-13-4-6-17-40(36)47;1-2-9-24(10-3-1)26-14-6-15-29(21-26)39-34-18-8-17-31-33-23-28-12-5-4-11-27(28)22-32(33)30-16-7-13-25-19-20-35(39)38(36(25)30)37(31)34;1-2-11-23(12-3-1)33-28-15-7-14-25-27-19-22-9-5-4-8-21(22)18-26(27)24-13-6-10-20-16-17-29(33)32(30(20)24)31(25)28/h1-27H;1-23H;1-19H. The molecule has 0 radical (unpaired) electrons. The molecule has 0 atom stereocenters. The smallest absolute Gasteiger partial charge is 0.146 e. The van der Waals surface area contributed by atoms with E-state index in [2.05, 4.69) is 431 Å². The van der Waals surface area contributed by atoms with Gasteiger partial charge in [0.15, 0.2) is 0 Å². The van der Waals surface area contributed by atoms with E-state index in [4.69, 9.17) is 4.98 Å². The molecule has 0 aliphatic heterocycles. The van der Waals surface area contributed by atoms with Crippen molar-refractivity contribution in [1.29, 1.82) is 0 Å². The van der Waals surface area contributed by atoms with Gasteiger partial charge in [-0.25, -0.2) is 4.98 Å². The van der Waals surface area contributed by atoms with Crippen LogP contribution in [0.5, 0.6) is 0 Å². The van der Waals surface area contributed by atoms with Crippen LogP contribution in [0.15, 0.2) is 419 Å². The molecule has 25 aromatic rings. The minimum Gasteiger partial charge on any atom is -0.309 e. The summed E-state index contributed by atoms with van der Waals surface area (Å²) in [6.45, 7) is 0. The van der Waals surface area contributed by atoms with Crippen LogP contribution in [-0.2, 0) is 0 Å². The van der Waals surface area contributed by atoms with Crippen LogP contribution < -0.4 is 0 Å². The predicted molar refractivity (Wildman–Crippen MR) is 506 cm³/mol. The summed E-state index contributed by atoms with van der Waals surface area (Å²) in [5, 5.41) is 23.3. The summed E-state index contributed by atoms with van der Waals surface area (Å²) < 4.78 is 9.59. The van der Waals surface area contributed by atoms with Crippen LogP contribution in [0, 0.1) is 0 Å². The normalized spacial score (nSPS) is 12.2. The van der Waals surface area contributed by atoms with E-state index in [1.807, 2.05) is 6.20 Å². The number of rotatable bonds is 6. The van der Waals surface area contributed by atoms with E-state index in [0.717, 1.165) is 17.0 Å². The maximum atomic E-state index is 5.11. The molecule has 5 aromatic heterocycles. The molecule has 3 aliphatic carbocycles. The van der Waals surface area contributed by atoms with Gasteiger partial charge >= 0.3 is 0 Å². The Bertz CT molecular complexity index is 8640. The predicted octanol–water partition coefficient (Wildman–Crippen LogP) is 30.9. The van der Waals surface area contributed by atoms with Crippen molar-refractivity contribution in [2.45, 2.75) is 0 Å². The van der Waals surface area contributed by atoms with Gasteiger partial charge in [-0.05, 0) is 247 Å². The van der Waals surface area contributed by atoms with Crippen LogP contribution >= 0.6 is 0 Å². The quantitative estimate of drug-likeness (QED) is 0.163. The van der Waals surface area contributed by atoms with Gasteiger partial charge in [0.05, 0.1) is 38.6 Å². The van der Waals surface area contributed by atoms with E-state index in [9.17, 15) is 0 Å². The highest BCUT2D eigenvalue weighted by molar-refractivity contribution is 6.34. The molecule has 0 N–H and O–H groups in total. The lowest BCUT2D eigenvalue weighted by atomic mass is 9.91. The van der Waals surface area contributed by atoms with E-state index < -0.39 is 0 Å². The summed E-state index contributed by atoms with van der Waals surface area (Å²) in [5.74, 6) is 0. The van der Waals surface area contributed by atoms with E-state index in [-0.39, 0.29) is 0 Å². The van der Waals surface area contributed by atoms with Gasteiger partial charge in [0.2, 0.25) is 0 Å². The molecule has 0 amide bonds. The number of fused-ring (bicyclic) bond motifs is 14. The van der Waals surface area contributed by atoms with Gasteiger partial charge < -0.3 is 13.7 Å². The molecule has 3 aliphatic rings. The average molecular weight is 1520 g/mol. The summed E-state index contributed by atoms with van der Waals surface area (Å²) in [7, 11) is 0. The Morgan fingerprint density at radius 3 is 0.975 bits per heavy atom. The number of pyridine rings is 1. The number of nitrogens with zero attached hydrogens (tertiary/aromatic N) is 5. The highest BCUT2D eigenvalue weighted by Gasteiger charge is 2.30. The van der Waals surface area contributed by atoms with Crippen molar-refractivity contribution >= 4 is 141 Å². The molecule has 20 aromatic carbocycles. The van der Waals surface area contributed by atoms with Crippen molar-refractivity contribution in [2.24, 2.45) is 0 Å². The Morgan fingerprint density at radius 1 is 0.150 bits per heavy atom. The highest BCUT2D eigenvalue weighted by Crippen LogP contribution is 2.55. The summed E-state index contributed by atoms with van der Waals surface area (Å²) >= 11 is 0. The molecule has 0 spiro atoms. The molecule has 5 heterocycles. The third-order valence-electron chi connectivity index (χ3n) is 26.1. The second-order valence-corrected chi connectivity index (χ2v) is 32.3. The molecule has 0 fully saturated rings. The third-order valence-corrected chi connectivity index (χ3v) is 26.1. The van der Waals surface area contributed by atoms with E-state index in [1.165, 1.54) is 236 Å². The first kappa shape index (κ1) is 66.3. The maximum absolute atomic E-state index is 5.11. The van der Waals surface area contributed by atoms with Gasteiger partial charge in [-0.3, -0.25) is 4.57 Å². The maximum Gasteiger partial charge on any atom is 0.146 e. The zero-order valence-electron chi connectivity index (χ0n) is 65.1. The Labute approximate surface area is 690 Å². The van der Waals surface area contributed by atoms with Crippen molar-refractivity contribution in [3.05, 3.63) is 419 Å². The third kappa shape index (κ3) is 9.68. The van der Waals surface area contributed by atoms with Gasteiger partial charge in [-0.15, -0.1) is 0 Å². The molecule has 554 valence electrons. The van der Waals surface area contributed by atoms with E-state index in [1.54, 1.807) is 0 Å².